The summed E-state index contributed by atoms with van der Waals surface area (Å²) >= 11 is 0. The number of imide groups is 1. The lowest BCUT2D eigenvalue weighted by molar-refractivity contribution is -0.193. The van der Waals surface area contributed by atoms with Crippen LogP contribution in [-0.4, -0.2) is 216 Å². The van der Waals surface area contributed by atoms with Crippen LogP contribution in [0.5, 0.6) is 0 Å². The van der Waals surface area contributed by atoms with Crippen molar-refractivity contribution in [1.29, 1.82) is 0 Å². The Labute approximate surface area is 499 Å². The van der Waals surface area contributed by atoms with Gasteiger partial charge in [0, 0.05) is 52.7 Å². The van der Waals surface area contributed by atoms with Crippen LogP contribution in [-0.2, 0) is 43.2 Å². The number of nitrogens with one attached hydrogen (secondary N) is 5. The van der Waals surface area contributed by atoms with Crippen molar-refractivity contribution in [1.82, 2.24) is 36.0 Å². The first-order chi connectivity index (χ1) is 41.1. The maximum Gasteiger partial charge on any atom is 0.490 e. The van der Waals surface area contributed by atoms with Gasteiger partial charge in [-0.2, -0.15) is 52.7 Å². The van der Waals surface area contributed by atoms with E-state index in [-0.39, 0.29) is 43.2 Å². The Kier molecular flexibility index (Phi) is 33.1. The third kappa shape index (κ3) is 31.9. The highest BCUT2D eigenvalue weighted by molar-refractivity contribution is 6.18. The third-order valence-corrected chi connectivity index (χ3v) is 12.4. The smallest absolute Gasteiger partial charge is 0.475 e. The topological polar surface area (TPSA) is 389 Å². The predicted octanol–water partition coefficient (Wildman–Crippen LogP) is 3.25. The number of anilines is 3. The van der Waals surface area contributed by atoms with E-state index in [0.717, 1.165) is 71.6 Å². The van der Waals surface area contributed by atoms with E-state index in [1.54, 1.807) is 11.0 Å². The molecule has 500 valence electrons. The van der Waals surface area contributed by atoms with Crippen LogP contribution in [0.3, 0.4) is 0 Å². The summed E-state index contributed by atoms with van der Waals surface area (Å²) in [5, 5.41) is 42.1. The number of guanidine groups is 1. The number of unbranched alkanes of at least 4 members (excludes halogenated alkanes) is 1. The fourth-order valence-electron chi connectivity index (χ4n) is 8.05. The number of hydrogen-bond acceptors (Lipinski definition) is 15. The molecule has 13 N–H and O–H groups in total. The number of carboxylic acids is 4. The molecule has 3 aliphatic heterocycles. The van der Waals surface area contributed by atoms with Crippen LogP contribution in [0.25, 0.3) is 0 Å². The van der Waals surface area contributed by atoms with Crippen molar-refractivity contribution in [3.8, 4) is 0 Å². The van der Waals surface area contributed by atoms with E-state index in [0.29, 0.717) is 48.1 Å². The molecule has 89 heavy (non-hydrogen) atoms. The van der Waals surface area contributed by atoms with E-state index in [4.69, 9.17) is 51.1 Å². The lowest BCUT2D eigenvalue weighted by atomic mass is 9.91. The highest BCUT2D eigenvalue weighted by Gasteiger charge is 2.40. The number of amides is 6. The van der Waals surface area contributed by atoms with Crippen LogP contribution in [0.4, 0.5) is 69.7 Å². The summed E-state index contributed by atoms with van der Waals surface area (Å²) in [5.74, 6) is -12.8. The Balaban J connectivity index is 0.00000116. The van der Waals surface area contributed by atoms with Gasteiger partial charge >= 0.3 is 48.6 Å². The summed E-state index contributed by atoms with van der Waals surface area (Å²) in [6, 6.07) is 12.8. The van der Waals surface area contributed by atoms with Crippen molar-refractivity contribution < 1.29 is 121 Å². The number of carbonyl (C=O) groups excluding carboxylic acids is 6. The van der Waals surface area contributed by atoms with Crippen molar-refractivity contribution in [3.63, 3.8) is 0 Å². The molecule has 2 atom stereocenters. The number of carboxylic acid groups (broad SMARTS) is 4. The number of nitrogens with two attached hydrogens (primary N) is 2. The second-order valence-corrected chi connectivity index (χ2v) is 19.3. The van der Waals surface area contributed by atoms with E-state index in [1.165, 1.54) is 26.7 Å². The van der Waals surface area contributed by atoms with Gasteiger partial charge in [-0.15, -0.1) is 0 Å². The molecule has 3 heterocycles. The van der Waals surface area contributed by atoms with Crippen LogP contribution in [0.1, 0.15) is 69.2 Å². The Morgan fingerprint density at radius 3 is 1.60 bits per heavy atom. The number of aliphatic imine (C=N–C) groups is 1. The number of rotatable bonds is 20. The van der Waals surface area contributed by atoms with Gasteiger partial charge in [0.25, 0.3) is 5.91 Å². The van der Waals surface area contributed by atoms with Crippen LogP contribution in [0.2, 0.25) is 0 Å². The number of fused-ring (bicyclic) bond motifs is 2. The van der Waals surface area contributed by atoms with Crippen molar-refractivity contribution in [3.05, 3.63) is 54.1 Å². The first-order valence-corrected chi connectivity index (χ1v) is 26.5. The minimum absolute atomic E-state index is 0.0373. The molecule has 6 amide bonds. The molecule has 0 bridgehead atoms. The number of halogens is 12. The van der Waals surface area contributed by atoms with Gasteiger partial charge in [-0.1, -0.05) is 37.1 Å². The van der Waals surface area contributed by atoms with Crippen LogP contribution in [0.15, 0.2) is 53.5 Å². The van der Waals surface area contributed by atoms with E-state index in [1.807, 2.05) is 42.5 Å². The number of aliphatic carboxylic acids is 4. The fourth-order valence-corrected chi connectivity index (χ4v) is 8.05. The Morgan fingerprint density at radius 1 is 0.640 bits per heavy atom. The Morgan fingerprint density at radius 2 is 1.11 bits per heavy atom. The van der Waals surface area contributed by atoms with Crippen molar-refractivity contribution in [2.45, 2.75) is 95.6 Å². The first-order valence-electron chi connectivity index (χ1n) is 26.5. The average molecular weight is 1300 g/mol. The zero-order valence-electron chi connectivity index (χ0n) is 47.6. The molecule has 3 aliphatic rings. The van der Waals surface area contributed by atoms with Crippen LogP contribution < -0.4 is 43.0 Å². The summed E-state index contributed by atoms with van der Waals surface area (Å²) in [4.78, 5) is 124. The molecule has 0 spiro atoms. The first kappa shape index (κ1) is 78.6. The summed E-state index contributed by atoms with van der Waals surface area (Å²) in [6.07, 6.45) is -14.0. The molecule has 2 fully saturated rings. The maximum atomic E-state index is 13.8. The molecule has 0 aliphatic carbocycles. The number of nitrogens with zero attached hydrogens (tertiary/aromatic N) is 5. The van der Waals surface area contributed by atoms with Crippen molar-refractivity contribution in [2.75, 3.05) is 88.8 Å². The molecule has 5 rings (SSSR count). The van der Waals surface area contributed by atoms with Gasteiger partial charge in [-0.25, -0.2) is 19.2 Å². The molecule has 2 aromatic carbocycles. The summed E-state index contributed by atoms with van der Waals surface area (Å²) in [6.45, 7) is 11.6. The molecule has 2 aromatic rings. The normalized spacial score (nSPS) is 15.3. The zero-order valence-corrected chi connectivity index (χ0v) is 47.6. The number of likely N-dealkylation sites (tertiary alicyclic amines) is 1. The minimum atomic E-state index is -5.08. The molecule has 2 saturated heterocycles. The number of hydrogen-bond donors (Lipinski definition) is 11. The highest BCUT2D eigenvalue weighted by Crippen LogP contribution is 2.38. The quantitative estimate of drug-likeness (QED) is 0.0392. The average Bonchev–Trinajstić information content (AvgIpc) is 2.95. The number of piperidine rings is 1. The summed E-state index contributed by atoms with van der Waals surface area (Å²) in [5.41, 5.74) is 13.1. The number of carbonyl (C=O) groups is 10. The van der Waals surface area contributed by atoms with E-state index in [9.17, 15) is 81.5 Å². The minimum Gasteiger partial charge on any atom is -0.475 e. The van der Waals surface area contributed by atoms with E-state index < -0.39 is 78.4 Å². The lowest BCUT2D eigenvalue weighted by Crippen LogP contribution is -2.54. The van der Waals surface area contributed by atoms with Gasteiger partial charge in [0.1, 0.15) is 12.1 Å². The molecular weight excluding hydrogens is 1230 g/mol. The molecule has 26 nitrogen and oxygen atoms in total. The van der Waals surface area contributed by atoms with Gasteiger partial charge in [0.15, 0.2) is 5.96 Å². The van der Waals surface area contributed by atoms with Gasteiger partial charge in [0.2, 0.25) is 29.5 Å². The number of alkyl halides is 12. The third-order valence-electron chi connectivity index (χ3n) is 12.4. The predicted molar refractivity (Wildman–Crippen MR) is 290 cm³/mol. The maximum absolute atomic E-state index is 13.8. The highest BCUT2D eigenvalue weighted by atomic mass is 19.4. The second kappa shape index (κ2) is 37.5. The van der Waals surface area contributed by atoms with Gasteiger partial charge in [-0.05, 0) is 88.8 Å². The van der Waals surface area contributed by atoms with Gasteiger partial charge < -0.3 is 58.1 Å². The standard InChI is InChI=1S/C43H64N12O6.4C2HF3O2/c1-30(40(59)51-35(42(61)49-31(2)56)13-9-18-47-43(44)45)48-38(57)28-46-19-23-53-26-24-52(25-27-53)20-8-7-10-32-16-21-54(22-17-32)29-39(58)55-36-14-5-3-11-33(36)41(60)50-34-12-4-6-15-37(34)55;4*3-2(4,5)1(6)7/h3-6,11-12,14-15,30,32,35,46H,7-10,13,16-29H2,1-2H3,(H,48,57)(H,50,60)(H,51,59)(H4,44,45,47)(H,49,56,61);4*(H,6,7)/t30-,35-;;;;/m0..../s1. The molecule has 0 unspecified atom stereocenters. The van der Waals surface area contributed by atoms with Crippen LogP contribution in [0, 0.1) is 5.92 Å². The molecule has 0 saturated carbocycles. The Bertz CT molecular complexity index is 2620. The Hall–Kier alpha value is -8.39. The number of piperazine rings is 1. The molecule has 0 aromatic heterocycles. The van der Waals surface area contributed by atoms with Gasteiger partial charge in [-0.3, -0.25) is 53.8 Å². The van der Waals surface area contributed by atoms with Gasteiger partial charge in [0.05, 0.1) is 35.7 Å². The largest absolute Gasteiger partial charge is 0.490 e. The molecule has 38 heteroatoms. The van der Waals surface area contributed by atoms with Crippen molar-refractivity contribution >= 4 is 82.3 Å². The SMILES string of the molecule is CC(=O)NC(=O)[C@H](CCCN=C(N)N)NC(=O)[C@H](C)NC(=O)CNCCN1CCN(CCCCC2CCN(CC(=O)N3c4ccccc4NC(=O)c4ccccc43)CC2)CC1.O=C(O)C(F)(F)F.O=C(O)C(F)(F)F.O=C(O)C(F)(F)F.O=C(O)C(F)(F)F. The second-order valence-electron chi connectivity index (χ2n) is 19.3. The number of para-hydroxylation sites is 3. The van der Waals surface area contributed by atoms with E-state index in [2.05, 4.69) is 46.3 Å². The molecular formula is C51H68F12N12O14. The fraction of sp³-hybridized carbons (Fsp3) is 0.549. The lowest BCUT2D eigenvalue weighted by Gasteiger charge is -2.35. The zero-order chi connectivity index (χ0) is 68.0. The number of benzene rings is 2. The summed E-state index contributed by atoms with van der Waals surface area (Å²) < 4.78 is 127. The van der Waals surface area contributed by atoms with E-state index >= 15 is 0 Å². The monoisotopic (exact) mass is 1300 g/mol. The molecule has 0 radical (unpaired) electrons. The van der Waals surface area contributed by atoms with Crippen molar-refractivity contribution in [2.24, 2.45) is 22.4 Å². The summed E-state index contributed by atoms with van der Waals surface area (Å²) in [7, 11) is 0. The van der Waals surface area contributed by atoms with Crippen LogP contribution >= 0.6 is 0 Å².